The van der Waals surface area contributed by atoms with Gasteiger partial charge in [0.1, 0.15) is 10.7 Å². The molecule has 2 N–H and O–H groups in total. The maximum absolute atomic E-state index is 13.8. The van der Waals surface area contributed by atoms with E-state index in [1.54, 1.807) is 0 Å². The van der Waals surface area contributed by atoms with Gasteiger partial charge in [0, 0.05) is 12.5 Å². The summed E-state index contributed by atoms with van der Waals surface area (Å²) in [5.41, 5.74) is 0.798. The molecule has 5 nitrogen and oxygen atoms in total. The summed E-state index contributed by atoms with van der Waals surface area (Å²) in [6, 6.07) is 13.3. The number of benzene rings is 2. The van der Waals surface area contributed by atoms with Crippen molar-refractivity contribution in [2.45, 2.75) is 29.8 Å². The number of hydrogen-bond acceptors (Lipinski definition) is 3. The number of hydrogen-bond donors (Lipinski definition) is 2. The van der Waals surface area contributed by atoms with Gasteiger partial charge in [-0.1, -0.05) is 42.5 Å². The fourth-order valence-electron chi connectivity index (χ4n) is 2.83. The standard InChI is InChI=1S/C17H17FN2O3S/c18-13-8-4-5-9-15(13)24(22,23)20-14-10-11-16(21)19-17(14)12-6-2-1-3-7-12/h1-9,14,17,20H,10-11H2,(H,19,21)/t14-,17+/m1/s1. The second-order valence-corrected chi connectivity index (χ2v) is 7.34. The number of halogens is 1. The van der Waals surface area contributed by atoms with Crippen molar-refractivity contribution in [3.63, 3.8) is 0 Å². The lowest BCUT2D eigenvalue weighted by Gasteiger charge is -2.33. The van der Waals surface area contributed by atoms with E-state index in [9.17, 15) is 17.6 Å². The molecular weight excluding hydrogens is 331 g/mol. The fraction of sp³-hybridized carbons (Fsp3) is 0.235. The molecule has 0 unspecified atom stereocenters. The molecule has 3 rings (SSSR count). The molecule has 0 spiro atoms. The first-order chi connectivity index (χ1) is 11.5. The number of sulfonamides is 1. The summed E-state index contributed by atoms with van der Waals surface area (Å²) in [4.78, 5) is 11.3. The van der Waals surface area contributed by atoms with Gasteiger partial charge in [-0.2, -0.15) is 0 Å². The van der Waals surface area contributed by atoms with Crippen LogP contribution in [-0.4, -0.2) is 20.4 Å². The van der Waals surface area contributed by atoms with Gasteiger partial charge < -0.3 is 5.32 Å². The number of nitrogens with one attached hydrogen (secondary N) is 2. The predicted octanol–water partition coefficient (Wildman–Crippen LogP) is 2.12. The SMILES string of the molecule is O=C1CC[C@@H](NS(=O)(=O)c2ccccc2F)[C@H](c2ccccc2)N1. The molecule has 24 heavy (non-hydrogen) atoms. The van der Waals surface area contributed by atoms with Gasteiger partial charge in [-0.05, 0) is 24.1 Å². The lowest BCUT2D eigenvalue weighted by Crippen LogP contribution is -2.50. The van der Waals surface area contributed by atoms with Crippen LogP contribution in [-0.2, 0) is 14.8 Å². The van der Waals surface area contributed by atoms with E-state index in [2.05, 4.69) is 10.0 Å². The molecule has 126 valence electrons. The Morgan fingerprint density at radius 3 is 2.42 bits per heavy atom. The zero-order chi connectivity index (χ0) is 17.2. The van der Waals surface area contributed by atoms with E-state index in [1.165, 1.54) is 18.2 Å². The molecule has 0 saturated carbocycles. The quantitative estimate of drug-likeness (QED) is 0.889. The Hall–Kier alpha value is -2.25. The van der Waals surface area contributed by atoms with Crippen LogP contribution in [0, 0.1) is 5.82 Å². The van der Waals surface area contributed by atoms with Gasteiger partial charge in [0.25, 0.3) is 0 Å². The maximum Gasteiger partial charge on any atom is 0.243 e. The van der Waals surface area contributed by atoms with Gasteiger partial charge in [0.05, 0.1) is 6.04 Å². The minimum atomic E-state index is -4.03. The Kier molecular flexibility index (Phi) is 4.64. The van der Waals surface area contributed by atoms with Crippen molar-refractivity contribution in [1.82, 2.24) is 10.0 Å². The highest BCUT2D eigenvalue weighted by Crippen LogP contribution is 2.26. The summed E-state index contributed by atoms with van der Waals surface area (Å²) in [6.07, 6.45) is 0.562. The number of piperidine rings is 1. The van der Waals surface area contributed by atoms with Crippen LogP contribution in [0.3, 0.4) is 0 Å². The third-order valence-electron chi connectivity index (χ3n) is 3.99. The molecular formula is C17H17FN2O3S. The Bertz CT molecular complexity index is 840. The van der Waals surface area contributed by atoms with E-state index >= 15 is 0 Å². The zero-order valence-electron chi connectivity index (χ0n) is 12.8. The molecule has 2 aromatic carbocycles. The molecule has 0 radical (unpaired) electrons. The topological polar surface area (TPSA) is 75.3 Å². The van der Waals surface area contributed by atoms with Crippen LogP contribution in [0.1, 0.15) is 24.4 Å². The highest BCUT2D eigenvalue weighted by atomic mass is 32.2. The molecule has 0 aliphatic carbocycles. The molecule has 1 heterocycles. The van der Waals surface area contributed by atoms with Crippen molar-refractivity contribution in [1.29, 1.82) is 0 Å². The van der Waals surface area contributed by atoms with Crippen LogP contribution < -0.4 is 10.0 Å². The average Bonchev–Trinajstić information content (AvgIpc) is 2.57. The first-order valence-electron chi connectivity index (χ1n) is 7.58. The van der Waals surface area contributed by atoms with Gasteiger partial charge in [-0.15, -0.1) is 0 Å². The lowest BCUT2D eigenvalue weighted by molar-refractivity contribution is -0.123. The zero-order valence-corrected chi connectivity index (χ0v) is 13.6. The number of carbonyl (C=O) groups excluding carboxylic acids is 1. The highest BCUT2D eigenvalue weighted by Gasteiger charge is 2.33. The van der Waals surface area contributed by atoms with Crippen LogP contribution in [0.4, 0.5) is 4.39 Å². The largest absolute Gasteiger partial charge is 0.348 e. The van der Waals surface area contributed by atoms with Gasteiger partial charge in [0.2, 0.25) is 15.9 Å². The Labute approximate surface area is 139 Å². The monoisotopic (exact) mass is 348 g/mol. The van der Waals surface area contributed by atoms with Crippen LogP contribution in [0.25, 0.3) is 0 Å². The summed E-state index contributed by atoms with van der Waals surface area (Å²) in [5.74, 6) is -0.939. The minimum Gasteiger partial charge on any atom is -0.348 e. The normalized spacial score (nSPS) is 21.3. The van der Waals surface area contributed by atoms with Crippen molar-refractivity contribution in [3.05, 3.63) is 66.0 Å². The van der Waals surface area contributed by atoms with Crippen molar-refractivity contribution in [3.8, 4) is 0 Å². The van der Waals surface area contributed by atoms with E-state index in [4.69, 9.17) is 0 Å². The van der Waals surface area contributed by atoms with Crippen molar-refractivity contribution < 1.29 is 17.6 Å². The van der Waals surface area contributed by atoms with Crippen LogP contribution in [0.15, 0.2) is 59.5 Å². The van der Waals surface area contributed by atoms with Crippen LogP contribution >= 0.6 is 0 Å². The number of carbonyl (C=O) groups is 1. The van der Waals surface area contributed by atoms with Gasteiger partial charge >= 0.3 is 0 Å². The average molecular weight is 348 g/mol. The molecule has 0 bridgehead atoms. The van der Waals surface area contributed by atoms with E-state index in [0.29, 0.717) is 6.42 Å². The summed E-state index contributed by atoms with van der Waals surface area (Å²) in [7, 11) is -4.03. The van der Waals surface area contributed by atoms with Crippen molar-refractivity contribution >= 4 is 15.9 Å². The smallest absolute Gasteiger partial charge is 0.243 e. The molecule has 2 atom stereocenters. The first kappa shape index (κ1) is 16.6. The first-order valence-corrected chi connectivity index (χ1v) is 9.07. The molecule has 2 aromatic rings. The summed E-state index contributed by atoms with van der Waals surface area (Å²) < 4.78 is 41.4. The summed E-state index contributed by atoms with van der Waals surface area (Å²) >= 11 is 0. The van der Waals surface area contributed by atoms with Crippen molar-refractivity contribution in [2.75, 3.05) is 0 Å². The highest BCUT2D eigenvalue weighted by molar-refractivity contribution is 7.89. The second kappa shape index (κ2) is 6.70. The molecule has 1 aliphatic rings. The van der Waals surface area contributed by atoms with E-state index in [0.717, 1.165) is 11.6 Å². The van der Waals surface area contributed by atoms with Crippen LogP contribution in [0.5, 0.6) is 0 Å². The van der Waals surface area contributed by atoms with E-state index in [-0.39, 0.29) is 12.3 Å². The third kappa shape index (κ3) is 3.47. The number of amides is 1. The Morgan fingerprint density at radius 1 is 1.04 bits per heavy atom. The Balaban J connectivity index is 1.89. The molecule has 1 fully saturated rings. The molecule has 1 amide bonds. The third-order valence-corrected chi connectivity index (χ3v) is 5.52. The van der Waals surface area contributed by atoms with E-state index in [1.807, 2.05) is 30.3 Å². The van der Waals surface area contributed by atoms with Crippen molar-refractivity contribution in [2.24, 2.45) is 0 Å². The lowest BCUT2D eigenvalue weighted by atomic mass is 9.93. The minimum absolute atomic E-state index is 0.134. The second-order valence-electron chi connectivity index (χ2n) is 5.65. The predicted molar refractivity (Wildman–Crippen MR) is 87.1 cm³/mol. The summed E-state index contributed by atoms with van der Waals surface area (Å²) in [5, 5.41) is 2.81. The van der Waals surface area contributed by atoms with Gasteiger partial charge in [-0.25, -0.2) is 17.5 Å². The molecule has 0 aromatic heterocycles. The number of rotatable bonds is 4. The van der Waals surface area contributed by atoms with Gasteiger partial charge in [0.15, 0.2) is 0 Å². The molecule has 1 saturated heterocycles. The summed E-state index contributed by atoms with van der Waals surface area (Å²) in [6.45, 7) is 0. The van der Waals surface area contributed by atoms with E-state index < -0.39 is 32.8 Å². The molecule has 1 aliphatic heterocycles. The van der Waals surface area contributed by atoms with Crippen LogP contribution in [0.2, 0.25) is 0 Å². The Morgan fingerprint density at radius 2 is 1.71 bits per heavy atom. The fourth-order valence-corrected chi connectivity index (χ4v) is 4.19. The van der Waals surface area contributed by atoms with Gasteiger partial charge in [-0.3, -0.25) is 4.79 Å². The molecule has 7 heteroatoms. The maximum atomic E-state index is 13.8.